The third kappa shape index (κ3) is 1.57. The number of nitrogens with zero attached hydrogens (tertiary/aromatic N) is 1. The summed E-state index contributed by atoms with van der Waals surface area (Å²) in [6.45, 7) is 0. The Balaban J connectivity index is 2.62. The van der Waals surface area contributed by atoms with Crippen molar-refractivity contribution in [2.45, 2.75) is 11.4 Å². The minimum atomic E-state index is -1.02. The van der Waals surface area contributed by atoms with E-state index in [9.17, 15) is 4.79 Å². The zero-order chi connectivity index (χ0) is 7.61. The first-order chi connectivity index (χ1) is 4.62. The third-order valence-corrected chi connectivity index (χ3v) is 1.48. The number of carbonyl (C=O) groups is 1. The van der Waals surface area contributed by atoms with Crippen molar-refractivity contribution in [3.63, 3.8) is 0 Å². The number of alkyl halides is 1. The number of carboxylic acid groups (broad SMARTS) is 1. The first kappa shape index (κ1) is 7.28. The third-order valence-electron chi connectivity index (χ3n) is 1.13. The second-order valence-electron chi connectivity index (χ2n) is 2.03. The molecule has 0 aromatic rings. The fraction of sp³-hybridized carbons (Fsp3) is 0.333. The molecule has 3 nitrogen and oxygen atoms in total. The normalized spacial score (nSPS) is 29.3. The molecule has 0 saturated heterocycles. The van der Waals surface area contributed by atoms with Gasteiger partial charge in [-0.1, -0.05) is 11.6 Å². The number of carboxylic acids is 1. The standard InChI is InChI=1S/C6H6ClNO2/c7-6(4-5(9)10)2-1-3-8-6/h1-3H,4H2,(H,9,10). The van der Waals surface area contributed by atoms with Crippen molar-refractivity contribution in [3.8, 4) is 0 Å². The van der Waals surface area contributed by atoms with Gasteiger partial charge in [-0.3, -0.25) is 9.79 Å². The molecule has 0 aliphatic carbocycles. The van der Waals surface area contributed by atoms with Gasteiger partial charge >= 0.3 is 5.97 Å². The number of hydrogen-bond donors (Lipinski definition) is 1. The Morgan fingerprint density at radius 2 is 2.50 bits per heavy atom. The molecule has 0 radical (unpaired) electrons. The monoisotopic (exact) mass is 159 g/mol. The Morgan fingerprint density at radius 1 is 1.80 bits per heavy atom. The number of allylic oxidation sites excluding steroid dienone is 1. The van der Waals surface area contributed by atoms with E-state index in [2.05, 4.69) is 4.99 Å². The Bertz CT molecular complexity index is 198. The van der Waals surface area contributed by atoms with Crippen molar-refractivity contribution in [2.24, 2.45) is 4.99 Å². The number of aliphatic imine (C=N–C) groups is 1. The molecule has 0 aromatic carbocycles. The molecule has 54 valence electrons. The highest BCUT2D eigenvalue weighted by Gasteiger charge is 2.27. The van der Waals surface area contributed by atoms with Gasteiger partial charge in [0.05, 0.1) is 6.42 Å². The van der Waals surface area contributed by atoms with Crippen LogP contribution in [-0.4, -0.2) is 22.3 Å². The number of rotatable bonds is 2. The largest absolute Gasteiger partial charge is 0.481 e. The lowest BCUT2D eigenvalue weighted by atomic mass is 10.2. The summed E-state index contributed by atoms with van der Waals surface area (Å²) in [5.41, 5.74) is 0. The van der Waals surface area contributed by atoms with Gasteiger partial charge in [-0.15, -0.1) is 0 Å². The van der Waals surface area contributed by atoms with Crippen molar-refractivity contribution in [1.82, 2.24) is 0 Å². The van der Waals surface area contributed by atoms with Gasteiger partial charge in [-0.25, -0.2) is 0 Å². The molecule has 1 aliphatic rings. The fourth-order valence-corrected chi connectivity index (χ4v) is 0.961. The lowest BCUT2D eigenvalue weighted by molar-refractivity contribution is -0.137. The lowest BCUT2D eigenvalue weighted by Gasteiger charge is -2.10. The highest BCUT2D eigenvalue weighted by Crippen LogP contribution is 2.25. The average Bonchev–Trinajstić information content (AvgIpc) is 2.12. The molecule has 0 spiro atoms. The molecule has 1 aliphatic heterocycles. The minimum Gasteiger partial charge on any atom is -0.481 e. The van der Waals surface area contributed by atoms with Crippen LogP contribution in [0.5, 0.6) is 0 Å². The maximum absolute atomic E-state index is 10.2. The van der Waals surface area contributed by atoms with Crippen LogP contribution in [0.25, 0.3) is 0 Å². The van der Waals surface area contributed by atoms with Crippen LogP contribution in [0.3, 0.4) is 0 Å². The van der Waals surface area contributed by atoms with Crippen LogP contribution >= 0.6 is 11.6 Å². The molecular formula is C6H6ClNO2. The van der Waals surface area contributed by atoms with E-state index in [-0.39, 0.29) is 6.42 Å². The SMILES string of the molecule is O=C(O)CC1(Cl)C=CC=N1. The summed E-state index contributed by atoms with van der Waals surface area (Å²) >= 11 is 5.70. The van der Waals surface area contributed by atoms with Crippen molar-refractivity contribution in [2.75, 3.05) is 0 Å². The molecule has 1 heterocycles. The molecule has 0 saturated carbocycles. The molecule has 0 amide bonds. The molecule has 0 fully saturated rings. The predicted octanol–water partition coefficient (Wildman–Crippen LogP) is 1.04. The summed E-state index contributed by atoms with van der Waals surface area (Å²) in [6, 6.07) is 0. The second-order valence-corrected chi connectivity index (χ2v) is 2.68. The Kier molecular flexibility index (Phi) is 1.76. The van der Waals surface area contributed by atoms with Crippen molar-refractivity contribution in [3.05, 3.63) is 12.2 Å². The van der Waals surface area contributed by atoms with E-state index in [4.69, 9.17) is 16.7 Å². The first-order valence-corrected chi connectivity index (χ1v) is 3.14. The molecule has 1 N–H and O–H groups in total. The van der Waals surface area contributed by atoms with E-state index in [0.717, 1.165) is 0 Å². The second kappa shape index (κ2) is 2.42. The van der Waals surface area contributed by atoms with Gasteiger partial charge in [0.25, 0.3) is 0 Å². The highest BCUT2D eigenvalue weighted by atomic mass is 35.5. The highest BCUT2D eigenvalue weighted by molar-refractivity contribution is 6.27. The Morgan fingerprint density at radius 3 is 2.90 bits per heavy atom. The summed E-state index contributed by atoms with van der Waals surface area (Å²) in [7, 11) is 0. The number of halogens is 1. The van der Waals surface area contributed by atoms with Crippen LogP contribution < -0.4 is 0 Å². The number of hydrogen-bond acceptors (Lipinski definition) is 2. The van der Waals surface area contributed by atoms with Gasteiger partial charge in [0, 0.05) is 6.21 Å². The molecular weight excluding hydrogens is 154 g/mol. The predicted molar refractivity (Wildman–Crippen MR) is 38.5 cm³/mol. The Labute approximate surface area is 63.0 Å². The van der Waals surface area contributed by atoms with Gasteiger partial charge in [0.1, 0.15) is 0 Å². The molecule has 1 atom stereocenters. The fourth-order valence-electron chi connectivity index (χ4n) is 0.717. The quantitative estimate of drug-likeness (QED) is 0.484. The van der Waals surface area contributed by atoms with Gasteiger partial charge in [-0.05, 0) is 12.2 Å². The molecule has 10 heavy (non-hydrogen) atoms. The zero-order valence-electron chi connectivity index (χ0n) is 5.12. The van der Waals surface area contributed by atoms with Crippen LogP contribution in [0.15, 0.2) is 17.1 Å². The molecule has 0 bridgehead atoms. The number of aliphatic carboxylic acids is 1. The maximum Gasteiger partial charge on any atom is 0.307 e. The van der Waals surface area contributed by atoms with E-state index < -0.39 is 11.0 Å². The van der Waals surface area contributed by atoms with E-state index >= 15 is 0 Å². The van der Waals surface area contributed by atoms with E-state index in [1.807, 2.05) is 0 Å². The zero-order valence-corrected chi connectivity index (χ0v) is 5.88. The molecule has 0 aromatic heterocycles. The van der Waals surface area contributed by atoms with Crippen molar-refractivity contribution < 1.29 is 9.90 Å². The van der Waals surface area contributed by atoms with Crippen LogP contribution in [0.2, 0.25) is 0 Å². The topological polar surface area (TPSA) is 49.7 Å². The molecule has 4 heteroatoms. The van der Waals surface area contributed by atoms with Gasteiger partial charge < -0.3 is 5.11 Å². The lowest BCUT2D eigenvalue weighted by Crippen LogP contribution is -2.17. The van der Waals surface area contributed by atoms with Gasteiger partial charge in [0.2, 0.25) is 0 Å². The summed E-state index contributed by atoms with van der Waals surface area (Å²) < 4.78 is 0. The summed E-state index contributed by atoms with van der Waals surface area (Å²) in [5.74, 6) is -0.946. The van der Waals surface area contributed by atoms with Crippen molar-refractivity contribution in [1.29, 1.82) is 0 Å². The van der Waals surface area contributed by atoms with Gasteiger partial charge in [-0.2, -0.15) is 0 Å². The van der Waals surface area contributed by atoms with Crippen LogP contribution in [0.1, 0.15) is 6.42 Å². The van der Waals surface area contributed by atoms with E-state index in [1.54, 1.807) is 12.2 Å². The maximum atomic E-state index is 10.2. The van der Waals surface area contributed by atoms with Crippen LogP contribution in [0, 0.1) is 0 Å². The van der Waals surface area contributed by atoms with E-state index in [0.29, 0.717) is 0 Å². The summed E-state index contributed by atoms with van der Waals surface area (Å²) in [4.78, 5) is 12.9. The Hall–Kier alpha value is -0.830. The van der Waals surface area contributed by atoms with Crippen LogP contribution in [-0.2, 0) is 4.79 Å². The van der Waals surface area contributed by atoms with E-state index in [1.165, 1.54) is 6.21 Å². The smallest absolute Gasteiger partial charge is 0.307 e. The average molecular weight is 160 g/mol. The van der Waals surface area contributed by atoms with Gasteiger partial charge in [0.15, 0.2) is 5.00 Å². The minimum absolute atomic E-state index is 0.165. The first-order valence-electron chi connectivity index (χ1n) is 2.76. The molecule has 1 rings (SSSR count). The summed E-state index contributed by atoms with van der Waals surface area (Å²) in [5, 5.41) is 8.35. The summed E-state index contributed by atoms with van der Waals surface area (Å²) in [6.07, 6.45) is 4.52. The van der Waals surface area contributed by atoms with Crippen LogP contribution in [0.4, 0.5) is 0 Å². The van der Waals surface area contributed by atoms with Crippen molar-refractivity contribution >= 4 is 23.8 Å². The molecule has 1 unspecified atom stereocenters.